The molecule has 0 saturated heterocycles. The van der Waals surface area contributed by atoms with Crippen LogP contribution in [-0.4, -0.2) is 11.8 Å². The molecule has 0 fully saturated rings. The summed E-state index contributed by atoms with van der Waals surface area (Å²) < 4.78 is 0. The van der Waals surface area contributed by atoms with Gasteiger partial charge in [-0.3, -0.25) is 15.0 Å². The maximum atomic E-state index is 12.6. The molecule has 140 valence electrons. The number of hydrogen-bond donors (Lipinski definition) is 2. The minimum atomic E-state index is -0.263. The molecule has 0 radical (unpaired) electrons. The first-order valence-corrected chi connectivity index (χ1v) is 9.33. The summed E-state index contributed by atoms with van der Waals surface area (Å²) in [5.74, 6) is -0.362. The van der Waals surface area contributed by atoms with E-state index in [0.717, 1.165) is 36.2 Å². The smallest absolute Gasteiger partial charge is 0.273 e. The first kappa shape index (κ1) is 18.7. The Bertz CT molecular complexity index is 856. The Balaban J connectivity index is 1.67. The minimum absolute atomic E-state index is 0.0996. The zero-order valence-corrected chi connectivity index (χ0v) is 15.8. The number of rotatable bonds is 6. The summed E-state index contributed by atoms with van der Waals surface area (Å²) in [7, 11) is 0. The third kappa shape index (κ3) is 4.76. The summed E-state index contributed by atoms with van der Waals surface area (Å²) in [5.41, 5.74) is 7.08. The van der Waals surface area contributed by atoms with Gasteiger partial charge in [-0.1, -0.05) is 37.6 Å². The zero-order valence-electron chi connectivity index (χ0n) is 15.8. The fourth-order valence-corrected chi connectivity index (χ4v) is 2.96. The number of hydrogen-bond acceptors (Lipinski definition) is 3. The molecule has 0 saturated carbocycles. The molecule has 27 heavy (non-hydrogen) atoms. The van der Waals surface area contributed by atoms with Gasteiger partial charge in [-0.15, -0.1) is 0 Å². The number of anilines is 2. The van der Waals surface area contributed by atoms with E-state index in [1.165, 1.54) is 10.6 Å². The van der Waals surface area contributed by atoms with Crippen molar-refractivity contribution in [3.05, 3.63) is 71.4 Å². The molecule has 0 spiro atoms. The molecule has 2 aromatic rings. The molecule has 0 aliphatic carbocycles. The van der Waals surface area contributed by atoms with Gasteiger partial charge in [-0.05, 0) is 61.2 Å². The molecule has 2 N–H and O–H groups in total. The summed E-state index contributed by atoms with van der Waals surface area (Å²) >= 11 is 0. The van der Waals surface area contributed by atoms with Gasteiger partial charge in [-0.25, -0.2) is 5.01 Å². The summed E-state index contributed by atoms with van der Waals surface area (Å²) in [6.07, 6.45) is 5.17. The standard InChI is InChI=1S/C22H25N3O2/c1-3-4-7-17-9-11-18(12-10-17)23-22(27)20-13-14-21(26)25(24-20)19-8-5-6-16(2)15-19/h5-6,8-13,15,24H,3-4,7,14H2,1-2H3,(H,23,27). The number of aryl methyl sites for hydroxylation is 2. The van der Waals surface area contributed by atoms with E-state index in [1.807, 2.05) is 55.5 Å². The van der Waals surface area contributed by atoms with E-state index >= 15 is 0 Å². The van der Waals surface area contributed by atoms with Gasteiger partial charge < -0.3 is 5.32 Å². The van der Waals surface area contributed by atoms with Gasteiger partial charge in [0.05, 0.1) is 5.69 Å². The van der Waals surface area contributed by atoms with Crippen LogP contribution in [-0.2, 0) is 16.0 Å². The van der Waals surface area contributed by atoms with Crippen LogP contribution in [0.15, 0.2) is 60.3 Å². The Hall–Kier alpha value is -3.08. The number of carbonyl (C=O) groups excluding carboxylic acids is 2. The van der Waals surface area contributed by atoms with Crippen molar-refractivity contribution in [1.29, 1.82) is 0 Å². The number of carbonyl (C=O) groups is 2. The second-order valence-corrected chi connectivity index (χ2v) is 6.76. The molecule has 0 unspecified atom stereocenters. The van der Waals surface area contributed by atoms with Crippen LogP contribution in [0.3, 0.4) is 0 Å². The predicted molar refractivity (Wildman–Crippen MR) is 108 cm³/mol. The maximum Gasteiger partial charge on any atom is 0.273 e. The van der Waals surface area contributed by atoms with Crippen LogP contribution >= 0.6 is 0 Å². The summed E-state index contributed by atoms with van der Waals surface area (Å²) in [6, 6.07) is 15.5. The van der Waals surface area contributed by atoms with E-state index in [1.54, 1.807) is 6.08 Å². The van der Waals surface area contributed by atoms with Crippen molar-refractivity contribution in [2.24, 2.45) is 0 Å². The van der Waals surface area contributed by atoms with Crippen LogP contribution in [0.25, 0.3) is 0 Å². The molecule has 0 bridgehead atoms. The molecule has 0 atom stereocenters. The highest BCUT2D eigenvalue weighted by atomic mass is 16.2. The molecule has 2 amide bonds. The van der Waals surface area contributed by atoms with Crippen molar-refractivity contribution in [2.45, 2.75) is 39.5 Å². The number of hydrazine groups is 1. The second kappa shape index (κ2) is 8.54. The van der Waals surface area contributed by atoms with Crippen molar-refractivity contribution in [1.82, 2.24) is 5.43 Å². The molecule has 5 heteroatoms. The van der Waals surface area contributed by atoms with Crippen molar-refractivity contribution in [3.8, 4) is 0 Å². The molecular weight excluding hydrogens is 338 g/mol. The molecule has 0 aromatic heterocycles. The molecule has 5 nitrogen and oxygen atoms in total. The highest BCUT2D eigenvalue weighted by molar-refractivity contribution is 6.06. The average Bonchev–Trinajstić information content (AvgIpc) is 2.67. The van der Waals surface area contributed by atoms with Gasteiger partial charge >= 0.3 is 0 Å². The number of amides is 2. The van der Waals surface area contributed by atoms with Gasteiger partial charge in [0.2, 0.25) is 5.91 Å². The van der Waals surface area contributed by atoms with Crippen molar-refractivity contribution in [3.63, 3.8) is 0 Å². The lowest BCUT2D eigenvalue weighted by molar-refractivity contribution is -0.119. The van der Waals surface area contributed by atoms with Gasteiger partial charge in [-0.2, -0.15) is 0 Å². The Morgan fingerprint density at radius 2 is 1.96 bits per heavy atom. The number of nitrogens with zero attached hydrogens (tertiary/aromatic N) is 1. The molecule has 3 rings (SSSR count). The first-order chi connectivity index (χ1) is 13.1. The first-order valence-electron chi connectivity index (χ1n) is 9.33. The van der Waals surface area contributed by atoms with Crippen molar-refractivity contribution in [2.75, 3.05) is 10.3 Å². The number of benzene rings is 2. The molecular formula is C22H25N3O2. The van der Waals surface area contributed by atoms with Crippen molar-refractivity contribution >= 4 is 23.2 Å². The van der Waals surface area contributed by atoms with Gasteiger partial charge in [0, 0.05) is 12.1 Å². The second-order valence-electron chi connectivity index (χ2n) is 6.76. The summed E-state index contributed by atoms with van der Waals surface area (Å²) in [5, 5.41) is 4.31. The van der Waals surface area contributed by atoms with Gasteiger partial charge in [0.15, 0.2) is 0 Å². The Morgan fingerprint density at radius 3 is 2.67 bits per heavy atom. The van der Waals surface area contributed by atoms with Gasteiger partial charge in [0.1, 0.15) is 5.70 Å². The largest absolute Gasteiger partial charge is 0.321 e. The monoisotopic (exact) mass is 363 g/mol. The van der Waals surface area contributed by atoms with E-state index in [4.69, 9.17) is 0 Å². The van der Waals surface area contributed by atoms with E-state index in [0.29, 0.717) is 5.70 Å². The van der Waals surface area contributed by atoms with Crippen LogP contribution in [0.1, 0.15) is 37.3 Å². The fourth-order valence-electron chi connectivity index (χ4n) is 2.96. The quantitative estimate of drug-likeness (QED) is 0.812. The summed E-state index contributed by atoms with van der Waals surface area (Å²) in [4.78, 5) is 24.8. The molecule has 2 aromatic carbocycles. The third-order valence-electron chi connectivity index (χ3n) is 4.50. The average molecular weight is 363 g/mol. The number of nitrogens with one attached hydrogen (secondary N) is 2. The summed E-state index contributed by atoms with van der Waals surface area (Å²) in [6.45, 7) is 4.13. The number of unbranched alkanes of at least 4 members (excludes halogenated alkanes) is 1. The van der Waals surface area contributed by atoms with Gasteiger partial charge in [0.25, 0.3) is 5.91 Å². The predicted octanol–water partition coefficient (Wildman–Crippen LogP) is 4.10. The van der Waals surface area contributed by atoms with Crippen LogP contribution in [0, 0.1) is 6.92 Å². The lowest BCUT2D eigenvalue weighted by atomic mass is 10.1. The third-order valence-corrected chi connectivity index (χ3v) is 4.50. The lowest BCUT2D eigenvalue weighted by Crippen LogP contribution is -2.47. The van der Waals surface area contributed by atoms with E-state index < -0.39 is 0 Å². The van der Waals surface area contributed by atoms with Crippen LogP contribution in [0.5, 0.6) is 0 Å². The fraction of sp³-hybridized carbons (Fsp3) is 0.273. The van der Waals surface area contributed by atoms with Crippen LogP contribution in [0.2, 0.25) is 0 Å². The zero-order chi connectivity index (χ0) is 19.2. The molecule has 1 aliphatic heterocycles. The van der Waals surface area contributed by atoms with E-state index in [2.05, 4.69) is 17.7 Å². The molecule has 1 aliphatic rings. The van der Waals surface area contributed by atoms with Crippen molar-refractivity contribution < 1.29 is 9.59 Å². The minimum Gasteiger partial charge on any atom is -0.321 e. The lowest BCUT2D eigenvalue weighted by Gasteiger charge is -2.28. The molecule has 1 heterocycles. The normalized spacial score (nSPS) is 13.8. The Morgan fingerprint density at radius 1 is 1.19 bits per heavy atom. The topological polar surface area (TPSA) is 61.4 Å². The Kier molecular flexibility index (Phi) is 5.91. The van der Waals surface area contributed by atoms with Crippen LogP contribution in [0.4, 0.5) is 11.4 Å². The highest BCUT2D eigenvalue weighted by Gasteiger charge is 2.24. The SMILES string of the molecule is CCCCc1ccc(NC(=O)C2=CCC(=O)N(c3cccc(C)c3)N2)cc1. The Labute approximate surface area is 160 Å². The van der Waals surface area contributed by atoms with E-state index in [-0.39, 0.29) is 18.2 Å². The highest BCUT2D eigenvalue weighted by Crippen LogP contribution is 2.20. The maximum absolute atomic E-state index is 12.6. The van der Waals surface area contributed by atoms with E-state index in [9.17, 15) is 9.59 Å². The van der Waals surface area contributed by atoms with Crippen LogP contribution < -0.4 is 15.8 Å².